The van der Waals surface area contributed by atoms with E-state index in [0.717, 1.165) is 6.92 Å². The standard InChI is InChI=1S/C16H17ClF3N3O4/c1-8(16(18,19)20)21-9-3-4-10(11(7-9)27-2)14-12(17)13(15(25)26)22-23(14)5-6-24/h3-4,7-8,21,24H,5-6H2,1-2H3,(H,25,26)/t8-/m1/s1. The number of aliphatic hydroxyl groups excluding tert-OH is 1. The quantitative estimate of drug-likeness (QED) is 0.652. The molecule has 0 aliphatic heterocycles. The van der Waals surface area contributed by atoms with Gasteiger partial charge in [-0.25, -0.2) is 4.79 Å². The number of carbonyl (C=O) groups is 1. The van der Waals surface area contributed by atoms with Crippen LogP contribution < -0.4 is 10.1 Å². The fourth-order valence-corrected chi connectivity index (χ4v) is 2.72. The van der Waals surface area contributed by atoms with Gasteiger partial charge >= 0.3 is 12.1 Å². The van der Waals surface area contributed by atoms with Crippen molar-refractivity contribution >= 4 is 23.3 Å². The highest BCUT2D eigenvalue weighted by Crippen LogP contribution is 2.38. The van der Waals surface area contributed by atoms with Gasteiger partial charge in [-0.05, 0) is 19.1 Å². The first kappa shape index (κ1) is 20.8. The maximum atomic E-state index is 12.7. The van der Waals surface area contributed by atoms with Crippen LogP contribution in [0.3, 0.4) is 0 Å². The third-order valence-corrected chi connectivity index (χ3v) is 4.10. The number of halogens is 4. The summed E-state index contributed by atoms with van der Waals surface area (Å²) in [6.45, 7) is 0.623. The predicted octanol–water partition coefficient (Wildman–Crippen LogP) is 3.27. The zero-order chi connectivity index (χ0) is 20.4. The number of methoxy groups -OCH3 is 1. The van der Waals surface area contributed by atoms with E-state index in [1.165, 1.54) is 30.0 Å². The van der Waals surface area contributed by atoms with Crippen LogP contribution in [0.2, 0.25) is 5.02 Å². The number of hydrogen-bond acceptors (Lipinski definition) is 5. The minimum Gasteiger partial charge on any atom is -0.496 e. The first-order valence-corrected chi connectivity index (χ1v) is 8.10. The van der Waals surface area contributed by atoms with Crippen molar-refractivity contribution in [2.75, 3.05) is 19.0 Å². The lowest BCUT2D eigenvalue weighted by Crippen LogP contribution is -2.33. The molecule has 1 aromatic heterocycles. The van der Waals surface area contributed by atoms with Crippen LogP contribution in [0.25, 0.3) is 11.3 Å². The van der Waals surface area contributed by atoms with E-state index in [1.807, 2.05) is 0 Å². The number of hydrogen-bond donors (Lipinski definition) is 3. The van der Waals surface area contributed by atoms with Crippen LogP contribution in [-0.2, 0) is 6.54 Å². The van der Waals surface area contributed by atoms with Crippen molar-refractivity contribution in [3.63, 3.8) is 0 Å². The molecule has 0 fully saturated rings. The van der Waals surface area contributed by atoms with E-state index in [-0.39, 0.29) is 35.3 Å². The normalized spacial score (nSPS) is 12.7. The van der Waals surface area contributed by atoms with E-state index in [9.17, 15) is 28.2 Å². The monoisotopic (exact) mass is 407 g/mol. The van der Waals surface area contributed by atoms with Gasteiger partial charge in [-0.1, -0.05) is 11.6 Å². The first-order valence-electron chi connectivity index (χ1n) is 7.72. The minimum atomic E-state index is -4.43. The maximum Gasteiger partial charge on any atom is 0.408 e. The average Bonchev–Trinajstić information content (AvgIpc) is 2.91. The van der Waals surface area contributed by atoms with Crippen molar-refractivity contribution in [2.45, 2.75) is 25.7 Å². The number of aliphatic hydroxyl groups is 1. The fraction of sp³-hybridized carbons (Fsp3) is 0.375. The summed E-state index contributed by atoms with van der Waals surface area (Å²) >= 11 is 6.14. The lowest BCUT2D eigenvalue weighted by Gasteiger charge is -2.19. The summed E-state index contributed by atoms with van der Waals surface area (Å²) in [7, 11) is 1.31. The Bertz CT molecular complexity index is 839. The van der Waals surface area contributed by atoms with E-state index in [2.05, 4.69) is 10.4 Å². The van der Waals surface area contributed by atoms with Gasteiger partial charge in [-0.2, -0.15) is 18.3 Å². The lowest BCUT2D eigenvalue weighted by molar-refractivity contribution is -0.138. The number of aromatic carboxylic acids is 1. The molecule has 0 unspecified atom stereocenters. The molecule has 0 spiro atoms. The molecule has 1 heterocycles. The number of benzene rings is 1. The summed E-state index contributed by atoms with van der Waals surface area (Å²) in [6, 6.07) is 2.37. The second-order valence-electron chi connectivity index (χ2n) is 5.59. The van der Waals surface area contributed by atoms with Gasteiger partial charge in [0.1, 0.15) is 16.8 Å². The van der Waals surface area contributed by atoms with Crippen molar-refractivity contribution in [2.24, 2.45) is 0 Å². The van der Waals surface area contributed by atoms with E-state index in [4.69, 9.17) is 16.3 Å². The van der Waals surface area contributed by atoms with E-state index < -0.39 is 23.9 Å². The molecule has 0 aliphatic carbocycles. The van der Waals surface area contributed by atoms with Gasteiger partial charge in [0.15, 0.2) is 5.69 Å². The van der Waals surface area contributed by atoms with Gasteiger partial charge < -0.3 is 20.3 Å². The van der Waals surface area contributed by atoms with Crippen LogP contribution >= 0.6 is 11.6 Å². The molecule has 0 amide bonds. The molecule has 0 aliphatic rings. The molecule has 11 heteroatoms. The smallest absolute Gasteiger partial charge is 0.408 e. The zero-order valence-corrected chi connectivity index (χ0v) is 15.1. The van der Waals surface area contributed by atoms with E-state index in [0.29, 0.717) is 5.56 Å². The molecule has 2 aromatic rings. The summed E-state index contributed by atoms with van der Waals surface area (Å²) < 4.78 is 44.6. The van der Waals surface area contributed by atoms with Crippen molar-refractivity contribution in [1.29, 1.82) is 0 Å². The Morgan fingerprint density at radius 1 is 1.44 bits per heavy atom. The molecule has 0 bridgehead atoms. The molecule has 148 valence electrons. The highest BCUT2D eigenvalue weighted by molar-refractivity contribution is 6.35. The topological polar surface area (TPSA) is 96.6 Å². The molecule has 1 aromatic carbocycles. The molecular weight excluding hydrogens is 391 g/mol. The van der Waals surface area contributed by atoms with Gasteiger partial charge in [-0.15, -0.1) is 0 Å². The highest BCUT2D eigenvalue weighted by Gasteiger charge is 2.36. The van der Waals surface area contributed by atoms with Gasteiger partial charge in [0.05, 0.1) is 26.0 Å². The summed E-state index contributed by atoms with van der Waals surface area (Å²) in [4.78, 5) is 11.3. The Labute approximate surface area is 157 Å². The molecule has 2 rings (SSSR count). The number of nitrogens with zero attached hydrogens (tertiary/aromatic N) is 2. The first-order chi connectivity index (χ1) is 12.6. The van der Waals surface area contributed by atoms with Gasteiger partial charge in [0.2, 0.25) is 0 Å². The average molecular weight is 408 g/mol. The second-order valence-corrected chi connectivity index (χ2v) is 5.96. The van der Waals surface area contributed by atoms with Crippen LogP contribution in [0.15, 0.2) is 18.2 Å². The number of carboxylic acid groups (broad SMARTS) is 1. The third kappa shape index (κ3) is 4.45. The van der Waals surface area contributed by atoms with Crippen molar-refractivity contribution in [3.8, 4) is 17.0 Å². The van der Waals surface area contributed by atoms with Crippen LogP contribution in [0.5, 0.6) is 5.75 Å². The number of carboxylic acids is 1. The molecule has 0 saturated heterocycles. The van der Waals surface area contributed by atoms with Crippen molar-refractivity contribution in [3.05, 3.63) is 28.9 Å². The number of anilines is 1. The Kier molecular flexibility index (Phi) is 6.22. The van der Waals surface area contributed by atoms with Crippen LogP contribution in [0.1, 0.15) is 17.4 Å². The van der Waals surface area contributed by atoms with E-state index >= 15 is 0 Å². The van der Waals surface area contributed by atoms with Crippen LogP contribution in [0.4, 0.5) is 18.9 Å². The minimum absolute atomic E-state index is 0.0312. The number of ether oxygens (including phenoxy) is 1. The Hall–Kier alpha value is -2.46. The maximum absolute atomic E-state index is 12.7. The Morgan fingerprint density at radius 2 is 2.11 bits per heavy atom. The number of aromatic nitrogens is 2. The number of rotatable bonds is 7. The second kappa shape index (κ2) is 8.05. The Morgan fingerprint density at radius 3 is 2.63 bits per heavy atom. The molecule has 0 radical (unpaired) electrons. The van der Waals surface area contributed by atoms with Crippen LogP contribution in [-0.4, -0.2) is 51.9 Å². The van der Waals surface area contributed by atoms with E-state index in [1.54, 1.807) is 0 Å². The lowest BCUT2D eigenvalue weighted by atomic mass is 10.1. The SMILES string of the molecule is COc1cc(N[C@H](C)C(F)(F)F)ccc1-c1c(Cl)c(C(=O)O)nn1CCO. The van der Waals surface area contributed by atoms with Gasteiger partial charge in [0.25, 0.3) is 0 Å². The summed E-state index contributed by atoms with van der Waals surface area (Å²) in [5.74, 6) is -1.19. The molecule has 1 atom stereocenters. The summed E-state index contributed by atoms with van der Waals surface area (Å²) in [5, 5.41) is 24.4. The molecule has 27 heavy (non-hydrogen) atoms. The predicted molar refractivity (Wildman–Crippen MR) is 92.4 cm³/mol. The fourth-order valence-electron chi connectivity index (χ4n) is 2.40. The van der Waals surface area contributed by atoms with Crippen LogP contribution in [0, 0.1) is 0 Å². The molecule has 3 N–H and O–H groups in total. The molecule has 7 nitrogen and oxygen atoms in total. The van der Waals surface area contributed by atoms with Gasteiger partial charge in [0, 0.05) is 17.3 Å². The number of alkyl halides is 3. The van der Waals surface area contributed by atoms with Crippen molar-refractivity contribution in [1.82, 2.24) is 9.78 Å². The van der Waals surface area contributed by atoms with Crippen molar-refractivity contribution < 1.29 is 32.9 Å². The molecular formula is C16H17ClF3N3O4. The summed E-state index contributed by atoms with van der Waals surface area (Å²) in [6.07, 6.45) is -4.43. The van der Waals surface area contributed by atoms with Gasteiger partial charge in [-0.3, -0.25) is 4.68 Å². The Balaban J connectivity index is 2.52. The number of nitrogens with one attached hydrogen (secondary N) is 1. The zero-order valence-electron chi connectivity index (χ0n) is 14.3. The largest absolute Gasteiger partial charge is 0.496 e. The highest BCUT2D eigenvalue weighted by atomic mass is 35.5. The summed E-state index contributed by atoms with van der Waals surface area (Å²) in [5.41, 5.74) is 0.245. The molecule has 0 saturated carbocycles. The third-order valence-electron chi connectivity index (χ3n) is 3.74.